The summed E-state index contributed by atoms with van der Waals surface area (Å²) < 4.78 is 16.2. The Hall–Kier alpha value is -2.62. The van der Waals surface area contributed by atoms with Crippen LogP contribution in [0.25, 0.3) is 16.6 Å². The molecule has 2 unspecified atom stereocenters. The molecule has 1 aromatic heterocycles. The second-order valence-electron chi connectivity index (χ2n) is 9.03. The first kappa shape index (κ1) is 20.6. The van der Waals surface area contributed by atoms with Gasteiger partial charge >= 0.3 is 0 Å². The zero-order valence-corrected chi connectivity index (χ0v) is 18.0. The van der Waals surface area contributed by atoms with Gasteiger partial charge in [-0.2, -0.15) is 0 Å². The lowest BCUT2D eigenvalue weighted by atomic mass is 9.75. The average Bonchev–Trinajstić information content (AvgIpc) is 3.07. The van der Waals surface area contributed by atoms with E-state index in [1.54, 1.807) is 13.0 Å². The highest BCUT2D eigenvalue weighted by molar-refractivity contribution is 5.93. The third-order valence-corrected chi connectivity index (χ3v) is 6.61. The molecule has 0 saturated heterocycles. The van der Waals surface area contributed by atoms with Crippen molar-refractivity contribution in [3.05, 3.63) is 59.0 Å². The number of phenolic OH excluding ortho intramolecular Hbond substituents is 1. The van der Waals surface area contributed by atoms with E-state index in [1.807, 2.05) is 24.3 Å². The normalized spacial score (nSPS) is 19.5. The maximum absolute atomic E-state index is 14.0. The molecule has 3 nitrogen and oxygen atoms in total. The standard InChI is InChI=1S/C26H30FNO2/c1-16(2)26-24(19-7-4-6-18(15-19)12-13-29)25-22(8-5-9-23(25)30)28(26)20-10-11-21(27)17(3)14-20/h5,8-11,13-14,16,18-19,30H,4,6-7,12,15H2,1-3H3. The number of aryl methyl sites for hydroxylation is 1. The van der Waals surface area contributed by atoms with Gasteiger partial charge in [0.1, 0.15) is 17.9 Å². The van der Waals surface area contributed by atoms with Gasteiger partial charge in [-0.05, 0) is 85.4 Å². The van der Waals surface area contributed by atoms with E-state index in [-0.39, 0.29) is 11.7 Å². The zero-order chi connectivity index (χ0) is 21.4. The first-order valence-electron chi connectivity index (χ1n) is 11.0. The molecule has 4 heteroatoms. The molecule has 0 aliphatic heterocycles. The van der Waals surface area contributed by atoms with Crippen LogP contribution in [-0.4, -0.2) is 16.0 Å². The summed E-state index contributed by atoms with van der Waals surface area (Å²) in [6, 6.07) is 10.9. The lowest BCUT2D eigenvalue weighted by Crippen LogP contribution is -2.16. The van der Waals surface area contributed by atoms with E-state index in [0.717, 1.165) is 48.6 Å². The smallest absolute Gasteiger partial charge is 0.126 e. The van der Waals surface area contributed by atoms with Gasteiger partial charge in [0, 0.05) is 23.2 Å². The highest BCUT2D eigenvalue weighted by Crippen LogP contribution is 2.47. The molecule has 2 aromatic carbocycles. The van der Waals surface area contributed by atoms with Crippen molar-refractivity contribution in [2.45, 2.75) is 64.7 Å². The van der Waals surface area contributed by atoms with Crippen LogP contribution >= 0.6 is 0 Å². The lowest BCUT2D eigenvalue weighted by molar-refractivity contribution is -0.108. The molecule has 0 bridgehead atoms. The number of phenols is 1. The number of aldehydes is 1. The molecule has 0 radical (unpaired) electrons. The van der Waals surface area contributed by atoms with Gasteiger partial charge in [-0.15, -0.1) is 0 Å². The second-order valence-corrected chi connectivity index (χ2v) is 9.03. The maximum atomic E-state index is 14.0. The summed E-state index contributed by atoms with van der Waals surface area (Å²) in [6.45, 7) is 6.13. The summed E-state index contributed by atoms with van der Waals surface area (Å²) in [5, 5.41) is 11.8. The molecule has 4 rings (SSSR count). The van der Waals surface area contributed by atoms with E-state index < -0.39 is 0 Å². The molecule has 1 N–H and O–H groups in total. The SMILES string of the molecule is Cc1cc(-n2c(C(C)C)c(C3CCCC(CC=O)C3)c3c(O)cccc32)ccc1F. The van der Waals surface area contributed by atoms with Crippen LogP contribution in [0.3, 0.4) is 0 Å². The summed E-state index contributed by atoms with van der Waals surface area (Å²) >= 11 is 0. The van der Waals surface area contributed by atoms with Gasteiger partial charge < -0.3 is 14.5 Å². The monoisotopic (exact) mass is 407 g/mol. The molecule has 1 heterocycles. The molecule has 0 spiro atoms. The largest absolute Gasteiger partial charge is 0.507 e. The van der Waals surface area contributed by atoms with Crippen LogP contribution in [0, 0.1) is 18.7 Å². The molecule has 30 heavy (non-hydrogen) atoms. The quantitative estimate of drug-likeness (QED) is 0.474. The number of rotatable bonds is 5. The Morgan fingerprint density at radius 3 is 2.73 bits per heavy atom. The minimum Gasteiger partial charge on any atom is -0.507 e. The number of fused-ring (bicyclic) bond motifs is 1. The van der Waals surface area contributed by atoms with Crippen molar-refractivity contribution < 1.29 is 14.3 Å². The first-order valence-corrected chi connectivity index (χ1v) is 11.0. The van der Waals surface area contributed by atoms with Crippen molar-refractivity contribution in [1.29, 1.82) is 0 Å². The Bertz CT molecular complexity index is 1080. The summed E-state index contributed by atoms with van der Waals surface area (Å²) in [6.07, 6.45) is 5.86. The second kappa shape index (κ2) is 8.25. The highest BCUT2D eigenvalue weighted by Gasteiger charge is 2.31. The number of aromatic hydroxyl groups is 1. The topological polar surface area (TPSA) is 42.2 Å². The van der Waals surface area contributed by atoms with Crippen LogP contribution in [-0.2, 0) is 4.79 Å². The van der Waals surface area contributed by atoms with E-state index in [2.05, 4.69) is 18.4 Å². The Labute approximate surface area is 177 Å². The van der Waals surface area contributed by atoms with E-state index in [1.165, 1.54) is 17.3 Å². The van der Waals surface area contributed by atoms with Crippen LogP contribution < -0.4 is 0 Å². The number of hydrogen-bond donors (Lipinski definition) is 1. The maximum Gasteiger partial charge on any atom is 0.126 e. The fraction of sp³-hybridized carbons (Fsp3) is 0.423. The van der Waals surface area contributed by atoms with Crippen molar-refractivity contribution in [2.75, 3.05) is 0 Å². The predicted molar refractivity (Wildman–Crippen MR) is 119 cm³/mol. The van der Waals surface area contributed by atoms with Crippen molar-refractivity contribution in [1.82, 2.24) is 4.57 Å². The molecule has 1 fully saturated rings. The molecule has 0 amide bonds. The van der Waals surface area contributed by atoms with Gasteiger partial charge in [0.2, 0.25) is 0 Å². The van der Waals surface area contributed by atoms with Crippen LogP contribution in [0.5, 0.6) is 5.75 Å². The number of carbonyl (C=O) groups is 1. The molecule has 1 saturated carbocycles. The lowest BCUT2D eigenvalue weighted by Gasteiger charge is -2.30. The number of nitrogens with zero attached hydrogens (tertiary/aromatic N) is 1. The van der Waals surface area contributed by atoms with Crippen LogP contribution in [0.15, 0.2) is 36.4 Å². The molecule has 2 atom stereocenters. The van der Waals surface area contributed by atoms with Crippen LogP contribution in [0.4, 0.5) is 4.39 Å². The fourth-order valence-electron chi connectivity index (χ4n) is 5.30. The third-order valence-electron chi connectivity index (χ3n) is 6.61. The Morgan fingerprint density at radius 1 is 1.23 bits per heavy atom. The molecule has 3 aromatic rings. The van der Waals surface area contributed by atoms with Gasteiger partial charge in [-0.1, -0.05) is 26.3 Å². The van der Waals surface area contributed by atoms with Crippen molar-refractivity contribution in [3.8, 4) is 11.4 Å². The van der Waals surface area contributed by atoms with E-state index in [4.69, 9.17) is 0 Å². The number of halogens is 1. The zero-order valence-electron chi connectivity index (χ0n) is 18.0. The summed E-state index contributed by atoms with van der Waals surface area (Å²) in [5.41, 5.74) is 4.86. The number of aromatic nitrogens is 1. The summed E-state index contributed by atoms with van der Waals surface area (Å²) in [7, 11) is 0. The van der Waals surface area contributed by atoms with Gasteiger partial charge in [-0.25, -0.2) is 4.39 Å². The number of benzene rings is 2. The molecule has 1 aliphatic carbocycles. The van der Waals surface area contributed by atoms with Crippen molar-refractivity contribution >= 4 is 17.2 Å². The Morgan fingerprint density at radius 2 is 2.03 bits per heavy atom. The van der Waals surface area contributed by atoms with Gasteiger partial charge in [-0.3, -0.25) is 0 Å². The van der Waals surface area contributed by atoms with Gasteiger partial charge in [0.15, 0.2) is 0 Å². The molecular formula is C26H30FNO2. The molecule has 158 valence electrons. The van der Waals surface area contributed by atoms with E-state index >= 15 is 0 Å². The van der Waals surface area contributed by atoms with Crippen molar-refractivity contribution in [2.24, 2.45) is 5.92 Å². The van der Waals surface area contributed by atoms with E-state index in [9.17, 15) is 14.3 Å². The minimum atomic E-state index is -0.214. The van der Waals surface area contributed by atoms with Crippen LogP contribution in [0.1, 0.15) is 74.6 Å². The van der Waals surface area contributed by atoms with Gasteiger partial charge in [0.25, 0.3) is 0 Å². The number of carbonyl (C=O) groups excluding carboxylic acids is 1. The first-order chi connectivity index (χ1) is 14.4. The van der Waals surface area contributed by atoms with Crippen LogP contribution in [0.2, 0.25) is 0 Å². The average molecular weight is 408 g/mol. The Kier molecular flexibility index (Phi) is 5.68. The number of hydrogen-bond acceptors (Lipinski definition) is 2. The third kappa shape index (κ3) is 3.53. The molecular weight excluding hydrogens is 377 g/mol. The summed E-state index contributed by atoms with van der Waals surface area (Å²) in [5.74, 6) is 1.01. The summed E-state index contributed by atoms with van der Waals surface area (Å²) in [4.78, 5) is 11.1. The van der Waals surface area contributed by atoms with E-state index in [0.29, 0.717) is 29.6 Å². The molecule has 1 aliphatic rings. The van der Waals surface area contributed by atoms with Crippen molar-refractivity contribution in [3.63, 3.8) is 0 Å². The fourth-order valence-corrected chi connectivity index (χ4v) is 5.30. The minimum absolute atomic E-state index is 0.214. The predicted octanol–water partition coefficient (Wildman–Crippen LogP) is 6.77. The Balaban J connectivity index is 1.99. The van der Waals surface area contributed by atoms with Gasteiger partial charge in [0.05, 0.1) is 5.52 Å². The highest BCUT2D eigenvalue weighted by atomic mass is 19.1.